The molecule has 145 valence electrons. The van der Waals surface area contributed by atoms with Gasteiger partial charge in [0.1, 0.15) is 5.75 Å². The molecule has 0 saturated carbocycles. The second-order valence-corrected chi connectivity index (χ2v) is 7.66. The second-order valence-electron chi connectivity index (χ2n) is 7.66. The number of phenols is 1. The predicted molar refractivity (Wildman–Crippen MR) is 117 cm³/mol. The summed E-state index contributed by atoms with van der Waals surface area (Å²) in [5, 5.41) is 10.3. The second kappa shape index (κ2) is 18.4. The van der Waals surface area contributed by atoms with Gasteiger partial charge in [0.15, 0.2) is 0 Å². The maximum atomic E-state index is 10.3. The first-order valence-electron chi connectivity index (χ1n) is 11.1. The normalized spacial score (nSPS) is 10.7. The van der Waals surface area contributed by atoms with E-state index in [-0.39, 0.29) is 29.6 Å². The summed E-state index contributed by atoms with van der Waals surface area (Å²) >= 11 is 0. The molecule has 0 fully saturated rings. The summed E-state index contributed by atoms with van der Waals surface area (Å²) in [7, 11) is 0. The molecule has 0 aliphatic heterocycles. The van der Waals surface area contributed by atoms with Crippen LogP contribution in [-0.4, -0.2) is 34.7 Å². The first kappa shape index (κ1) is 26.0. The molecule has 0 amide bonds. The average molecular weight is 370 g/mol. The number of unbranched alkanes of at least 4 members (excludes halogenated alkanes) is 12. The van der Waals surface area contributed by atoms with Crippen LogP contribution in [0.2, 0.25) is 0 Å². The van der Waals surface area contributed by atoms with E-state index in [4.69, 9.17) is 0 Å². The van der Waals surface area contributed by atoms with Gasteiger partial charge < -0.3 is 5.11 Å². The van der Waals surface area contributed by atoms with Crippen LogP contribution in [0, 0.1) is 0 Å². The Labute approximate surface area is 185 Å². The van der Waals surface area contributed by atoms with Crippen LogP contribution in [0.25, 0.3) is 0 Å². The van der Waals surface area contributed by atoms with Gasteiger partial charge in [0.25, 0.3) is 0 Å². The van der Waals surface area contributed by atoms with Crippen molar-refractivity contribution in [2.75, 3.05) is 0 Å². The van der Waals surface area contributed by atoms with E-state index in [2.05, 4.69) is 19.9 Å². The molecule has 0 unspecified atom stereocenters. The molecule has 1 N–H and O–H groups in total. The van der Waals surface area contributed by atoms with Crippen molar-refractivity contribution in [3.8, 4) is 5.75 Å². The van der Waals surface area contributed by atoms with Gasteiger partial charge in [-0.15, -0.1) is 0 Å². The van der Waals surface area contributed by atoms with Crippen molar-refractivity contribution < 1.29 is 5.11 Å². The van der Waals surface area contributed by atoms with E-state index in [1.165, 1.54) is 101 Å². The summed E-state index contributed by atoms with van der Waals surface area (Å²) in [5.41, 5.74) is 2.61. The average Bonchev–Trinajstić information content (AvgIpc) is 2.62. The van der Waals surface area contributed by atoms with Crippen molar-refractivity contribution in [3.05, 3.63) is 29.3 Å². The Hall–Kier alpha value is 0.0200. The maximum absolute atomic E-state index is 10.3. The first-order chi connectivity index (χ1) is 12.3. The van der Waals surface area contributed by atoms with Gasteiger partial charge in [-0.05, 0) is 42.9 Å². The van der Waals surface area contributed by atoms with Gasteiger partial charge >= 0.3 is 0 Å². The van der Waals surface area contributed by atoms with E-state index >= 15 is 0 Å². The van der Waals surface area contributed by atoms with Crippen LogP contribution in [0.15, 0.2) is 18.2 Å². The summed E-state index contributed by atoms with van der Waals surface area (Å²) in [6, 6.07) is 6.11. The van der Waals surface area contributed by atoms with Gasteiger partial charge in [-0.2, -0.15) is 0 Å². The Balaban J connectivity index is 0.00000625. The van der Waals surface area contributed by atoms with E-state index in [1.54, 1.807) is 0 Å². The van der Waals surface area contributed by atoms with Gasteiger partial charge in [-0.3, -0.25) is 0 Å². The number of phenolic OH excluding ortho intramolecular Hbond substituents is 1. The SMILES string of the molecule is CCCCCCCCCc1cccc(O)c1CCCCCCCCC.[Na]. The standard InChI is InChI=1S/C24H42O.Na/c1-3-5-7-9-11-13-15-18-22-19-17-21-24(25)23(22)20-16-14-12-10-8-6-4-2;/h17,19,21,25H,3-16,18,20H2,1-2H3;. The molecule has 1 aromatic carbocycles. The number of hydrogen-bond acceptors (Lipinski definition) is 1. The summed E-state index contributed by atoms with van der Waals surface area (Å²) in [4.78, 5) is 0. The van der Waals surface area contributed by atoms with Crippen molar-refractivity contribution in [2.24, 2.45) is 0 Å². The molecule has 1 nitrogen and oxygen atoms in total. The molecular formula is C24H42NaO. The molecular weight excluding hydrogens is 327 g/mol. The van der Waals surface area contributed by atoms with Crippen molar-refractivity contribution in [2.45, 2.75) is 117 Å². The molecule has 0 heterocycles. The van der Waals surface area contributed by atoms with Crippen LogP contribution in [-0.2, 0) is 12.8 Å². The third-order valence-corrected chi connectivity index (χ3v) is 5.33. The monoisotopic (exact) mass is 369 g/mol. The topological polar surface area (TPSA) is 20.2 Å². The van der Waals surface area contributed by atoms with Gasteiger partial charge in [0.2, 0.25) is 0 Å². The van der Waals surface area contributed by atoms with Crippen LogP contribution in [0.4, 0.5) is 0 Å². The van der Waals surface area contributed by atoms with E-state index in [1.807, 2.05) is 12.1 Å². The fourth-order valence-electron chi connectivity index (χ4n) is 3.68. The Bertz CT molecular complexity index is 430. The molecule has 1 aromatic rings. The Morgan fingerprint density at radius 1 is 0.615 bits per heavy atom. The first-order valence-corrected chi connectivity index (χ1v) is 11.1. The zero-order valence-corrected chi connectivity index (χ0v) is 20.0. The Kier molecular flexibility index (Phi) is 18.4. The van der Waals surface area contributed by atoms with Crippen LogP contribution >= 0.6 is 0 Å². The molecule has 2 heteroatoms. The third-order valence-electron chi connectivity index (χ3n) is 5.33. The van der Waals surface area contributed by atoms with Gasteiger partial charge in [-0.1, -0.05) is 103 Å². The number of benzene rings is 1. The molecule has 0 aliphatic carbocycles. The number of aromatic hydroxyl groups is 1. The molecule has 1 rings (SSSR count). The van der Waals surface area contributed by atoms with E-state index in [0.717, 1.165) is 12.8 Å². The summed E-state index contributed by atoms with van der Waals surface area (Å²) in [5.74, 6) is 0.520. The largest absolute Gasteiger partial charge is 0.508 e. The molecule has 0 aliphatic rings. The van der Waals surface area contributed by atoms with Crippen molar-refractivity contribution in [1.82, 2.24) is 0 Å². The summed E-state index contributed by atoms with van der Waals surface area (Å²) in [6.45, 7) is 4.54. The maximum Gasteiger partial charge on any atom is 0.119 e. The number of hydrogen-bond donors (Lipinski definition) is 1. The van der Waals surface area contributed by atoms with Crippen molar-refractivity contribution in [1.29, 1.82) is 0 Å². The smallest absolute Gasteiger partial charge is 0.119 e. The Morgan fingerprint density at radius 3 is 1.62 bits per heavy atom. The van der Waals surface area contributed by atoms with Crippen LogP contribution < -0.4 is 0 Å². The number of rotatable bonds is 16. The molecule has 26 heavy (non-hydrogen) atoms. The fourth-order valence-corrected chi connectivity index (χ4v) is 3.68. The minimum absolute atomic E-state index is 0. The fraction of sp³-hybridized carbons (Fsp3) is 0.750. The predicted octanol–water partition coefficient (Wildman–Crippen LogP) is 7.60. The zero-order chi connectivity index (χ0) is 18.2. The third kappa shape index (κ3) is 12.4. The van der Waals surface area contributed by atoms with Crippen molar-refractivity contribution in [3.63, 3.8) is 0 Å². The number of aryl methyl sites for hydroxylation is 1. The van der Waals surface area contributed by atoms with E-state index in [9.17, 15) is 5.11 Å². The zero-order valence-electron chi connectivity index (χ0n) is 18.0. The van der Waals surface area contributed by atoms with Crippen LogP contribution in [0.1, 0.15) is 115 Å². The molecule has 0 saturated heterocycles. The quantitative estimate of drug-likeness (QED) is 0.235. The molecule has 0 atom stereocenters. The molecule has 0 spiro atoms. The molecule has 0 aromatic heterocycles. The van der Waals surface area contributed by atoms with Crippen molar-refractivity contribution >= 4 is 29.6 Å². The minimum Gasteiger partial charge on any atom is -0.508 e. The van der Waals surface area contributed by atoms with Gasteiger partial charge in [-0.25, -0.2) is 0 Å². The Morgan fingerprint density at radius 2 is 1.08 bits per heavy atom. The van der Waals surface area contributed by atoms with Gasteiger partial charge in [0, 0.05) is 29.6 Å². The summed E-state index contributed by atoms with van der Waals surface area (Å²) in [6.07, 6.45) is 21.0. The summed E-state index contributed by atoms with van der Waals surface area (Å²) < 4.78 is 0. The van der Waals surface area contributed by atoms with Gasteiger partial charge in [0.05, 0.1) is 0 Å². The van der Waals surface area contributed by atoms with Crippen LogP contribution in [0.3, 0.4) is 0 Å². The molecule has 1 radical (unpaired) electrons. The minimum atomic E-state index is 0. The van der Waals surface area contributed by atoms with E-state index in [0.29, 0.717) is 5.75 Å². The van der Waals surface area contributed by atoms with E-state index < -0.39 is 0 Å². The molecule has 0 bridgehead atoms. The van der Waals surface area contributed by atoms with Crippen LogP contribution in [0.5, 0.6) is 5.75 Å².